The maximum absolute atomic E-state index is 13.1. The smallest absolute Gasteiger partial charge is 0.410 e. The zero-order chi connectivity index (χ0) is 28.4. The normalized spacial score (nSPS) is 26.8. The second-order valence-corrected chi connectivity index (χ2v) is 11.5. The van der Waals surface area contributed by atoms with Crippen molar-refractivity contribution in [2.45, 2.75) is 63.7 Å². The van der Waals surface area contributed by atoms with Crippen LogP contribution in [0.25, 0.3) is 0 Å². The fraction of sp³-hybridized carbons (Fsp3) is 0.556. The van der Waals surface area contributed by atoms with Crippen LogP contribution >= 0.6 is 11.8 Å². The molecular formula is C27H36N4O7S. The highest BCUT2D eigenvalue weighted by Crippen LogP contribution is 2.52. The van der Waals surface area contributed by atoms with Crippen molar-refractivity contribution in [3.8, 4) is 0 Å². The molecule has 4 heterocycles. The quantitative estimate of drug-likeness (QED) is 0.210. The van der Waals surface area contributed by atoms with Gasteiger partial charge >= 0.3 is 12.1 Å². The van der Waals surface area contributed by atoms with Gasteiger partial charge < -0.3 is 29.5 Å². The van der Waals surface area contributed by atoms with Crippen LogP contribution in [0.3, 0.4) is 0 Å². The summed E-state index contributed by atoms with van der Waals surface area (Å²) in [5.74, 6) is -1.70. The molecule has 1 aromatic rings. The molecular weight excluding hydrogens is 524 g/mol. The summed E-state index contributed by atoms with van der Waals surface area (Å²) in [6, 6.07) is -0.573. The van der Waals surface area contributed by atoms with E-state index < -0.39 is 24.1 Å². The number of rotatable bonds is 11. The highest BCUT2D eigenvalue weighted by molar-refractivity contribution is 8.03. The van der Waals surface area contributed by atoms with Crippen molar-refractivity contribution >= 4 is 29.7 Å². The van der Waals surface area contributed by atoms with Crippen LogP contribution in [-0.2, 0) is 32.1 Å². The SMILES string of the molecule is C=CCOC(=O)C1=C(S[C@H]2C[C@@H](Cc3c(CO)n[nH]c3C)N(C(=O)OCC=C)C2)[C@H](C)[C@@H]2[C@@H]([C@@H](C)O)C(=O)N12. The van der Waals surface area contributed by atoms with Gasteiger partial charge in [0, 0.05) is 39.9 Å². The van der Waals surface area contributed by atoms with Crippen molar-refractivity contribution in [1.82, 2.24) is 20.0 Å². The number of aliphatic hydroxyl groups excluding tert-OH is 2. The molecule has 0 bridgehead atoms. The highest BCUT2D eigenvalue weighted by atomic mass is 32.2. The third-order valence-corrected chi connectivity index (χ3v) is 9.11. The number of hydrogen-bond acceptors (Lipinski definition) is 9. The molecule has 39 heavy (non-hydrogen) atoms. The predicted molar refractivity (Wildman–Crippen MR) is 144 cm³/mol. The zero-order valence-electron chi connectivity index (χ0n) is 22.5. The lowest BCUT2D eigenvalue weighted by Crippen LogP contribution is -2.63. The van der Waals surface area contributed by atoms with Gasteiger partial charge in [-0.1, -0.05) is 32.2 Å². The number of nitrogens with zero attached hydrogens (tertiary/aromatic N) is 3. The molecule has 3 N–H and O–H groups in total. The molecule has 12 heteroatoms. The molecule has 3 aliphatic heterocycles. The molecule has 0 unspecified atom stereocenters. The number of fused-ring (bicyclic) bond motifs is 1. The van der Waals surface area contributed by atoms with Crippen molar-refractivity contribution in [3.63, 3.8) is 0 Å². The fourth-order valence-electron chi connectivity index (χ4n) is 5.78. The van der Waals surface area contributed by atoms with Gasteiger partial charge in [-0.25, -0.2) is 9.59 Å². The highest BCUT2D eigenvalue weighted by Gasteiger charge is 2.60. The molecule has 4 rings (SSSR count). The van der Waals surface area contributed by atoms with E-state index in [1.807, 2.05) is 13.8 Å². The average Bonchev–Trinajstić information content (AvgIpc) is 3.54. The first-order valence-electron chi connectivity index (χ1n) is 13.0. The number of likely N-dealkylation sites (tertiary alicyclic amines) is 1. The Morgan fingerprint density at radius 3 is 2.62 bits per heavy atom. The number of thioether (sulfide) groups is 1. The van der Waals surface area contributed by atoms with Gasteiger partial charge in [0.15, 0.2) is 0 Å². The Morgan fingerprint density at radius 2 is 1.97 bits per heavy atom. The monoisotopic (exact) mass is 560 g/mol. The van der Waals surface area contributed by atoms with E-state index in [-0.39, 0.29) is 54.7 Å². The molecule has 0 aliphatic carbocycles. The van der Waals surface area contributed by atoms with Crippen LogP contribution in [0, 0.1) is 18.8 Å². The number of aromatic nitrogens is 2. The first-order chi connectivity index (χ1) is 18.6. The minimum Gasteiger partial charge on any atom is -0.457 e. The van der Waals surface area contributed by atoms with Gasteiger partial charge in [0.2, 0.25) is 5.91 Å². The van der Waals surface area contributed by atoms with E-state index in [1.165, 1.54) is 28.8 Å². The number of aromatic amines is 1. The third-order valence-electron chi connectivity index (χ3n) is 7.61. The molecule has 2 fully saturated rings. The number of carbonyl (C=O) groups is 3. The lowest BCUT2D eigenvalue weighted by Gasteiger charge is -2.46. The molecule has 2 saturated heterocycles. The van der Waals surface area contributed by atoms with Gasteiger partial charge in [-0.3, -0.25) is 9.89 Å². The summed E-state index contributed by atoms with van der Waals surface area (Å²) in [6.45, 7) is 12.8. The molecule has 6 atom stereocenters. The van der Waals surface area contributed by atoms with Crippen molar-refractivity contribution in [1.29, 1.82) is 0 Å². The van der Waals surface area contributed by atoms with Gasteiger partial charge in [-0.15, -0.1) is 11.8 Å². The summed E-state index contributed by atoms with van der Waals surface area (Å²) in [4.78, 5) is 42.9. The zero-order valence-corrected chi connectivity index (χ0v) is 23.3. The molecule has 3 aliphatic rings. The number of H-pyrrole nitrogens is 1. The number of amides is 2. The maximum atomic E-state index is 13.1. The number of carbonyl (C=O) groups excluding carboxylic acids is 3. The summed E-state index contributed by atoms with van der Waals surface area (Å²) in [5, 5.41) is 26.9. The number of β-lactam (4-membered cyclic amide) rings is 1. The van der Waals surface area contributed by atoms with E-state index in [2.05, 4.69) is 23.4 Å². The summed E-state index contributed by atoms with van der Waals surface area (Å²) >= 11 is 1.47. The first-order valence-corrected chi connectivity index (χ1v) is 13.9. The van der Waals surface area contributed by atoms with Crippen molar-refractivity contribution in [3.05, 3.63) is 52.9 Å². The molecule has 11 nitrogen and oxygen atoms in total. The van der Waals surface area contributed by atoms with E-state index in [9.17, 15) is 24.6 Å². The van der Waals surface area contributed by atoms with Crippen LogP contribution in [0.4, 0.5) is 4.79 Å². The number of aliphatic hydroxyl groups is 2. The standard InChI is InChI=1S/C27H36N4O7S/c1-6-8-37-26(35)23-24(14(3)22-21(16(5)33)25(34)31(22)23)39-18-10-17(30(12-18)27(36)38-9-7-2)11-19-15(4)28-29-20(19)13-32/h6-7,14,16-18,21-22,32-33H,1-2,8-13H2,3-5H3,(H,28,29)/t14-,16-,17+,18+,21-,22-/m1/s1. The molecule has 0 radical (unpaired) electrons. The lowest BCUT2D eigenvalue weighted by molar-refractivity contribution is -0.164. The Morgan fingerprint density at radius 1 is 1.28 bits per heavy atom. The van der Waals surface area contributed by atoms with Gasteiger partial charge in [-0.05, 0) is 26.7 Å². The topological polar surface area (TPSA) is 145 Å². The molecule has 212 valence electrons. The fourth-order valence-corrected chi connectivity index (χ4v) is 7.34. The van der Waals surface area contributed by atoms with Crippen molar-refractivity contribution in [2.24, 2.45) is 11.8 Å². The minimum atomic E-state index is -0.846. The van der Waals surface area contributed by atoms with Gasteiger partial charge in [0.1, 0.15) is 18.9 Å². The number of nitrogens with one attached hydrogen (secondary N) is 1. The Balaban J connectivity index is 1.61. The minimum absolute atomic E-state index is 0.00680. The van der Waals surface area contributed by atoms with Gasteiger partial charge in [0.25, 0.3) is 0 Å². The van der Waals surface area contributed by atoms with E-state index in [4.69, 9.17) is 9.47 Å². The number of aryl methyl sites for hydroxylation is 1. The molecule has 0 saturated carbocycles. The Hall–Kier alpha value is -3.09. The van der Waals surface area contributed by atoms with Gasteiger partial charge in [0.05, 0.1) is 30.4 Å². The second-order valence-electron chi connectivity index (χ2n) is 10.1. The summed E-state index contributed by atoms with van der Waals surface area (Å²) in [6.07, 6.45) is 2.71. The van der Waals surface area contributed by atoms with E-state index in [1.54, 1.807) is 11.8 Å². The van der Waals surface area contributed by atoms with Crippen LogP contribution in [0.2, 0.25) is 0 Å². The molecule has 1 aromatic heterocycles. The lowest BCUT2D eigenvalue weighted by atomic mass is 9.79. The van der Waals surface area contributed by atoms with Crippen LogP contribution in [0.15, 0.2) is 35.9 Å². The molecule has 0 spiro atoms. The first kappa shape index (κ1) is 28.9. The van der Waals surface area contributed by atoms with E-state index in [0.29, 0.717) is 30.0 Å². The summed E-state index contributed by atoms with van der Waals surface area (Å²) in [5.41, 5.74) is 2.42. The number of ether oxygens (including phenoxy) is 2. The predicted octanol–water partition coefficient (Wildman–Crippen LogP) is 2.05. The van der Waals surface area contributed by atoms with Crippen LogP contribution in [0.1, 0.15) is 37.2 Å². The third kappa shape index (κ3) is 5.37. The van der Waals surface area contributed by atoms with Crippen LogP contribution in [-0.4, -0.2) is 91.4 Å². The average molecular weight is 561 g/mol. The van der Waals surface area contributed by atoms with E-state index in [0.717, 1.165) is 11.3 Å². The number of hydrogen-bond donors (Lipinski definition) is 3. The number of esters is 1. The van der Waals surface area contributed by atoms with Crippen LogP contribution in [0.5, 0.6) is 0 Å². The van der Waals surface area contributed by atoms with Crippen LogP contribution < -0.4 is 0 Å². The Bertz CT molecular complexity index is 1180. The second kappa shape index (κ2) is 12.0. The molecule has 2 amide bonds. The summed E-state index contributed by atoms with van der Waals surface area (Å²) in [7, 11) is 0. The van der Waals surface area contributed by atoms with Gasteiger partial charge in [-0.2, -0.15) is 5.10 Å². The largest absolute Gasteiger partial charge is 0.457 e. The van der Waals surface area contributed by atoms with Crippen molar-refractivity contribution in [2.75, 3.05) is 19.8 Å². The van der Waals surface area contributed by atoms with E-state index >= 15 is 0 Å². The summed E-state index contributed by atoms with van der Waals surface area (Å²) < 4.78 is 10.7. The van der Waals surface area contributed by atoms with Crippen molar-refractivity contribution < 1.29 is 34.1 Å². The molecule has 0 aromatic carbocycles. The Kier molecular flexibility index (Phi) is 8.87. The maximum Gasteiger partial charge on any atom is 0.410 e. The Labute approximate surface area is 231 Å².